The molecule has 3 nitrogen and oxygen atoms in total. The highest BCUT2D eigenvalue weighted by molar-refractivity contribution is 5.81. The maximum Gasteiger partial charge on any atom is 0.0932 e. The molecule has 0 amide bonds. The fraction of sp³-hybridized carbons (Fsp3) is 0.385. The van der Waals surface area contributed by atoms with Crippen LogP contribution in [0.25, 0.3) is 10.9 Å². The van der Waals surface area contributed by atoms with Gasteiger partial charge in [-0.25, -0.2) is 0 Å². The van der Waals surface area contributed by atoms with Crippen LogP contribution in [0.15, 0.2) is 30.5 Å². The largest absolute Gasteiger partial charge is 0.317 e. The van der Waals surface area contributed by atoms with Crippen molar-refractivity contribution in [3.05, 3.63) is 36.0 Å². The molecule has 84 valence electrons. The minimum atomic E-state index is 0.422. The summed E-state index contributed by atoms with van der Waals surface area (Å²) >= 11 is 0. The number of fused-ring (bicyclic) bond motifs is 1. The molecule has 0 radical (unpaired) electrons. The van der Waals surface area contributed by atoms with E-state index in [1.54, 1.807) is 0 Å². The smallest absolute Gasteiger partial charge is 0.0932 e. The molecular weight excluding hydrogens is 198 g/mol. The minimum Gasteiger partial charge on any atom is -0.317 e. The highest BCUT2D eigenvalue weighted by Gasteiger charge is 2.15. The average Bonchev–Trinajstić information content (AvgIpc) is 2.36. The van der Waals surface area contributed by atoms with Gasteiger partial charge >= 0.3 is 0 Å². The van der Waals surface area contributed by atoms with Gasteiger partial charge in [-0.3, -0.25) is 0 Å². The van der Waals surface area contributed by atoms with Crippen molar-refractivity contribution in [1.29, 1.82) is 0 Å². The Kier molecular flexibility index (Phi) is 3.15. The number of likely N-dealkylation sites (N-methyl/N-ethyl adjacent to an activating group) is 1. The lowest BCUT2D eigenvalue weighted by Gasteiger charge is -2.20. The fourth-order valence-corrected chi connectivity index (χ4v) is 1.91. The van der Waals surface area contributed by atoms with Crippen LogP contribution in [-0.2, 0) is 0 Å². The number of hydrogen-bond acceptors (Lipinski definition) is 3. The van der Waals surface area contributed by atoms with Crippen molar-refractivity contribution in [2.45, 2.75) is 25.8 Å². The first-order chi connectivity index (χ1) is 7.74. The second-order valence-electron chi connectivity index (χ2n) is 4.18. The summed E-state index contributed by atoms with van der Waals surface area (Å²) in [4.78, 5) is 0. The predicted molar refractivity (Wildman–Crippen MR) is 66.5 cm³/mol. The zero-order valence-corrected chi connectivity index (χ0v) is 9.94. The van der Waals surface area contributed by atoms with Crippen LogP contribution in [0.3, 0.4) is 0 Å². The Bertz CT molecular complexity index is 476. The van der Waals surface area contributed by atoms with Gasteiger partial charge in [0, 0.05) is 11.4 Å². The van der Waals surface area contributed by atoms with Crippen LogP contribution in [-0.4, -0.2) is 23.3 Å². The Balaban J connectivity index is 2.52. The van der Waals surface area contributed by atoms with Gasteiger partial charge in [-0.05, 0) is 31.5 Å². The predicted octanol–water partition coefficient (Wildman–Crippen LogP) is 2.34. The average molecular weight is 215 g/mol. The Morgan fingerprint density at radius 1 is 1.19 bits per heavy atom. The summed E-state index contributed by atoms with van der Waals surface area (Å²) in [5.74, 6) is 0.422. The van der Waals surface area contributed by atoms with Gasteiger partial charge in [0.15, 0.2) is 0 Å². The maximum absolute atomic E-state index is 4.14. The van der Waals surface area contributed by atoms with Crippen LogP contribution in [0.2, 0.25) is 0 Å². The molecule has 0 aliphatic rings. The Hall–Kier alpha value is -1.48. The second kappa shape index (κ2) is 4.58. The van der Waals surface area contributed by atoms with Gasteiger partial charge < -0.3 is 5.32 Å². The number of benzene rings is 1. The third kappa shape index (κ3) is 1.91. The molecule has 0 aliphatic carbocycles. The normalized spacial score (nSPS) is 14.9. The van der Waals surface area contributed by atoms with Crippen LogP contribution < -0.4 is 5.32 Å². The van der Waals surface area contributed by atoms with Crippen molar-refractivity contribution in [2.24, 2.45) is 0 Å². The molecule has 0 saturated carbocycles. The van der Waals surface area contributed by atoms with Gasteiger partial charge in [-0.2, -0.15) is 10.2 Å². The van der Waals surface area contributed by atoms with Crippen LogP contribution in [0, 0.1) is 0 Å². The zero-order valence-electron chi connectivity index (χ0n) is 9.94. The van der Waals surface area contributed by atoms with E-state index >= 15 is 0 Å². The lowest BCUT2D eigenvalue weighted by Crippen LogP contribution is -2.27. The van der Waals surface area contributed by atoms with E-state index < -0.39 is 0 Å². The van der Waals surface area contributed by atoms with Crippen molar-refractivity contribution in [2.75, 3.05) is 7.05 Å². The van der Waals surface area contributed by atoms with E-state index in [2.05, 4.69) is 35.4 Å². The summed E-state index contributed by atoms with van der Waals surface area (Å²) < 4.78 is 0. The highest BCUT2D eigenvalue weighted by Crippen LogP contribution is 2.25. The van der Waals surface area contributed by atoms with E-state index in [4.69, 9.17) is 0 Å². The minimum absolute atomic E-state index is 0.422. The van der Waals surface area contributed by atoms with Gasteiger partial charge in [-0.1, -0.05) is 25.1 Å². The molecule has 2 atom stereocenters. The van der Waals surface area contributed by atoms with Gasteiger partial charge in [0.1, 0.15) is 0 Å². The van der Waals surface area contributed by atoms with Gasteiger partial charge in [0.25, 0.3) is 0 Å². The number of nitrogens with zero attached hydrogens (tertiary/aromatic N) is 2. The van der Waals surface area contributed by atoms with E-state index in [0.29, 0.717) is 12.0 Å². The molecule has 0 fully saturated rings. The van der Waals surface area contributed by atoms with Crippen LogP contribution >= 0.6 is 0 Å². The maximum atomic E-state index is 4.14. The highest BCUT2D eigenvalue weighted by atomic mass is 15.1. The van der Waals surface area contributed by atoms with E-state index in [1.165, 1.54) is 10.9 Å². The molecule has 2 aromatic rings. The van der Waals surface area contributed by atoms with Crippen LogP contribution in [0.1, 0.15) is 25.3 Å². The summed E-state index contributed by atoms with van der Waals surface area (Å²) in [6.07, 6.45) is 1.88. The molecule has 1 heterocycles. The quantitative estimate of drug-likeness (QED) is 0.854. The van der Waals surface area contributed by atoms with E-state index in [9.17, 15) is 0 Å². The van der Waals surface area contributed by atoms with Crippen LogP contribution in [0.4, 0.5) is 0 Å². The van der Waals surface area contributed by atoms with E-state index in [-0.39, 0.29) is 0 Å². The van der Waals surface area contributed by atoms with Crippen molar-refractivity contribution < 1.29 is 0 Å². The van der Waals surface area contributed by atoms with Crippen molar-refractivity contribution in [3.8, 4) is 0 Å². The van der Waals surface area contributed by atoms with Crippen LogP contribution in [0.5, 0.6) is 0 Å². The molecule has 3 heteroatoms. The lowest BCUT2D eigenvalue weighted by atomic mass is 9.93. The molecule has 16 heavy (non-hydrogen) atoms. The SMILES string of the molecule is CNC(C)C(C)c1cnnc2ccccc12. The Morgan fingerprint density at radius 3 is 2.69 bits per heavy atom. The molecule has 1 aromatic heterocycles. The van der Waals surface area contributed by atoms with Crippen molar-refractivity contribution in [1.82, 2.24) is 15.5 Å². The third-order valence-corrected chi connectivity index (χ3v) is 3.27. The number of aromatic nitrogens is 2. The van der Waals surface area contributed by atoms with E-state index in [1.807, 2.05) is 31.4 Å². The molecule has 2 unspecified atom stereocenters. The summed E-state index contributed by atoms with van der Waals surface area (Å²) in [6, 6.07) is 8.57. The van der Waals surface area contributed by atoms with Gasteiger partial charge in [-0.15, -0.1) is 0 Å². The Morgan fingerprint density at radius 2 is 1.94 bits per heavy atom. The first-order valence-corrected chi connectivity index (χ1v) is 5.61. The molecule has 0 saturated heterocycles. The summed E-state index contributed by atoms with van der Waals surface area (Å²) in [7, 11) is 1.98. The number of hydrogen-bond donors (Lipinski definition) is 1. The standard InChI is InChI=1S/C13H17N3/c1-9(10(2)14-3)12-8-15-16-13-7-5-4-6-11(12)13/h4-10,14H,1-3H3. The summed E-state index contributed by atoms with van der Waals surface area (Å²) in [5.41, 5.74) is 2.22. The monoisotopic (exact) mass is 215 g/mol. The Labute approximate surface area is 95.9 Å². The second-order valence-corrected chi connectivity index (χ2v) is 4.18. The number of rotatable bonds is 3. The molecule has 1 N–H and O–H groups in total. The third-order valence-electron chi connectivity index (χ3n) is 3.27. The lowest BCUT2D eigenvalue weighted by molar-refractivity contribution is 0.525. The topological polar surface area (TPSA) is 37.8 Å². The molecule has 0 bridgehead atoms. The summed E-state index contributed by atoms with van der Waals surface area (Å²) in [6.45, 7) is 4.39. The first-order valence-electron chi connectivity index (χ1n) is 5.61. The molecule has 2 rings (SSSR count). The zero-order chi connectivity index (χ0) is 11.5. The number of nitrogens with one attached hydrogen (secondary N) is 1. The first kappa shape index (κ1) is 11.0. The van der Waals surface area contributed by atoms with Gasteiger partial charge in [0.05, 0.1) is 11.7 Å². The van der Waals surface area contributed by atoms with Crippen molar-refractivity contribution in [3.63, 3.8) is 0 Å². The molecule has 0 spiro atoms. The van der Waals surface area contributed by atoms with E-state index in [0.717, 1.165) is 5.52 Å². The summed E-state index contributed by atoms with van der Waals surface area (Å²) in [5, 5.41) is 12.7. The molecule has 1 aromatic carbocycles. The fourth-order valence-electron chi connectivity index (χ4n) is 1.91. The van der Waals surface area contributed by atoms with Gasteiger partial charge in [0.2, 0.25) is 0 Å². The molecular formula is C13H17N3. The molecule has 0 aliphatic heterocycles. The van der Waals surface area contributed by atoms with Crippen molar-refractivity contribution >= 4 is 10.9 Å².